The summed E-state index contributed by atoms with van der Waals surface area (Å²) in [4.78, 5) is 19.5. The van der Waals surface area contributed by atoms with E-state index in [9.17, 15) is 9.18 Å². The molecule has 1 atom stereocenters. The van der Waals surface area contributed by atoms with Gasteiger partial charge in [0, 0.05) is 26.1 Å². The van der Waals surface area contributed by atoms with Crippen molar-refractivity contribution in [3.05, 3.63) is 51.2 Å². The first-order valence-corrected chi connectivity index (χ1v) is 9.31. The number of carbonyl (C=O) groups excluding carboxylic acids is 1. The molecule has 2 N–H and O–H groups in total. The highest BCUT2D eigenvalue weighted by Crippen LogP contribution is 2.22. The average molecular weight is 436 g/mol. The molecule has 0 saturated carbocycles. The summed E-state index contributed by atoms with van der Waals surface area (Å²) in [5, 5.41) is 0.861. The van der Waals surface area contributed by atoms with Crippen molar-refractivity contribution in [3.8, 4) is 0 Å². The van der Waals surface area contributed by atoms with E-state index in [0.717, 1.165) is 22.7 Å². The number of hydrogen-bond donors (Lipinski definition) is 1. The molecule has 1 aromatic heterocycles. The molecule has 0 aliphatic heterocycles. The molecule has 1 amide bonds. The van der Waals surface area contributed by atoms with Crippen LogP contribution in [0.5, 0.6) is 0 Å². The second-order valence-corrected chi connectivity index (χ2v) is 7.83. The Balaban J connectivity index is 0.00000338. The van der Waals surface area contributed by atoms with Crippen LogP contribution < -0.4 is 5.73 Å². The van der Waals surface area contributed by atoms with E-state index in [1.54, 1.807) is 24.1 Å². The van der Waals surface area contributed by atoms with E-state index in [-0.39, 0.29) is 42.6 Å². The Morgan fingerprint density at radius 3 is 2.41 bits per heavy atom. The molecule has 1 aromatic carbocycles. The molecule has 1 unspecified atom stereocenters. The average Bonchev–Trinajstić information content (AvgIpc) is 2.93. The summed E-state index contributed by atoms with van der Waals surface area (Å²) in [5.41, 5.74) is 7.78. The Hall–Kier alpha value is -1.21. The summed E-state index contributed by atoms with van der Waals surface area (Å²) in [6.45, 7) is 6.65. The van der Waals surface area contributed by atoms with Gasteiger partial charge in [0.1, 0.15) is 10.7 Å². The molecule has 0 aliphatic carbocycles. The molecule has 1 heterocycles. The van der Waals surface area contributed by atoms with E-state index in [2.05, 4.69) is 18.8 Å². The van der Waals surface area contributed by atoms with Crippen molar-refractivity contribution < 1.29 is 9.18 Å². The maximum Gasteiger partial charge on any atom is 0.265 e. The molecule has 2 aromatic rings. The highest BCUT2D eigenvalue weighted by Gasteiger charge is 2.20. The number of aryl methyl sites for hydroxylation is 1. The van der Waals surface area contributed by atoms with Gasteiger partial charge >= 0.3 is 0 Å². The van der Waals surface area contributed by atoms with Gasteiger partial charge in [0.05, 0.1) is 10.7 Å². The molecule has 0 fully saturated rings. The Labute approximate surface area is 177 Å². The van der Waals surface area contributed by atoms with Crippen molar-refractivity contribution in [2.45, 2.75) is 39.7 Å². The second-order valence-electron chi connectivity index (χ2n) is 6.75. The lowest BCUT2D eigenvalue weighted by atomic mass is 10.0. The molecule has 0 saturated heterocycles. The number of benzene rings is 1. The third-order valence-electron chi connectivity index (χ3n) is 4.30. The van der Waals surface area contributed by atoms with Crippen LogP contribution >= 0.6 is 36.2 Å². The minimum Gasteiger partial charge on any atom is -0.341 e. The highest BCUT2D eigenvalue weighted by atomic mass is 35.5. The van der Waals surface area contributed by atoms with Gasteiger partial charge in [-0.1, -0.05) is 26.0 Å². The lowest BCUT2D eigenvalue weighted by Crippen LogP contribution is -2.34. The zero-order chi connectivity index (χ0) is 18.6. The van der Waals surface area contributed by atoms with Crippen LogP contribution in [0.25, 0.3) is 0 Å². The van der Waals surface area contributed by atoms with Crippen molar-refractivity contribution in [3.63, 3.8) is 0 Å². The molecule has 8 heteroatoms. The number of nitrogens with zero attached hydrogens (tertiary/aromatic N) is 2. The Morgan fingerprint density at radius 2 is 1.85 bits per heavy atom. The number of aromatic nitrogens is 1. The van der Waals surface area contributed by atoms with E-state index in [1.807, 2.05) is 6.92 Å². The SMILES string of the molecule is Cc1nc(Cc2ccc(F)cc2)sc1C(=O)N(C)CCC(N)C(C)C.Cl.Cl. The van der Waals surface area contributed by atoms with Crippen molar-refractivity contribution in [2.75, 3.05) is 13.6 Å². The van der Waals surface area contributed by atoms with Crippen LogP contribution in [0.2, 0.25) is 0 Å². The first-order valence-electron chi connectivity index (χ1n) is 8.49. The topological polar surface area (TPSA) is 59.2 Å². The molecular weight excluding hydrogens is 408 g/mol. The van der Waals surface area contributed by atoms with Crippen LogP contribution in [-0.4, -0.2) is 35.4 Å². The van der Waals surface area contributed by atoms with E-state index in [0.29, 0.717) is 23.8 Å². The van der Waals surface area contributed by atoms with Crippen LogP contribution in [0.3, 0.4) is 0 Å². The number of halogens is 3. The Morgan fingerprint density at radius 1 is 1.26 bits per heavy atom. The maximum absolute atomic E-state index is 13.0. The first-order chi connectivity index (χ1) is 11.8. The lowest BCUT2D eigenvalue weighted by Gasteiger charge is -2.21. The predicted molar refractivity (Wildman–Crippen MR) is 115 cm³/mol. The summed E-state index contributed by atoms with van der Waals surface area (Å²) < 4.78 is 13.0. The van der Waals surface area contributed by atoms with Crippen LogP contribution in [0.4, 0.5) is 4.39 Å². The molecule has 0 aliphatic rings. The van der Waals surface area contributed by atoms with Crippen molar-refractivity contribution in [1.29, 1.82) is 0 Å². The van der Waals surface area contributed by atoms with Gasteiger partial charge in [-0.2, -0.15) is 0 Å². The normalized spacial score (nSPS) is 11.5. The third kappa shape index (κ3) is 7.37. The number of hydrogen-bond acceptors (Lipinski definition) is 4. The van der Waals surface area contributed by atoms with E-state index < -0.39 is 0 Å². The molecule has 0 radical (unpaired) electrons. The molecule has 152 valence electrons. The monoisotopic (exact) mass is 435 g/mol. The zero-order valence-corrected chi connectivity index (χ0v) is 18.5. The Bertz CT molecular complexity index is 722. The highest BCUT2D eigenvalue weighted by molar-refractivity contribution is 7.13. The van der Waals surface area contributed by atoms with Crippen LogP contribution in [0, 0.1) is 18.7 Å². The van der Waals surface area contributed by atoms with E-state index >= 15 is 0 Å². The largest absolute Gasteiger partial charge is 0.341 e. The van der Waals surface area contributed by atoms with Gasteiger partial charge < -0.3 is 10.6 Å². The van der Waals surface area contributed by atoms with Gasteiger partial charge in [-0.05, 0) is 37.0 Å². The molecule has 2 rings (SSSR count). The third-order valence-corrected chi connectivity index (χ3v) is 5.45. The fourth-order valence-electron chi connectivity index (χ4n) is 2.45. The van der Waals surface area contributed by atoms with E-state index in [4.69, 9.17) is 5.73 Å². The van der Waals surface area contributed by atoms with Gasteiger partial charge in [-0.15, -0.1) is 36.2 Å². The molecule has 27 heavy (non-hydrogen) atoms. The van der Waals surface area contributed by atoms with E-state index in [1.165, 1.54) is 23.5 Å². The molecule has 4 nitrogen and oxygen atoms in total. The fourth-order valence-corrected chi connectivity index (χ4v) is 3.55. The van der Waals surface area contributed by atoms with Crippen molar-refractivity contribution in [2.24, 2.45) is 11.7 Å². The van der Waals surface area contributed by atoms with Gasteiger partial charge in [0.25, 0.3) is 5.91 Å². The van der Waals surface area contributed by atoms with Crippen molar-refractivity contribution >= 4 is 42.1 Å². The molecular formula is C19H28Cl2FN3OS. The zero-order valence-electron chi connectivity index (χ0n) is 16.1. The predicted octanol–water partition coefficient (Wildman–Crippen LogP) is 4.47. The summed E-state index contributed by atoms with van der Waals surface area (Å²) in [7, 11) is 1.80. The van der Waals surface area contributed by atoms with Crippen molar-refractivity contribution in [1.82, 2.24) is 9.88 Å². The number of nitrogens with two attached hydrogens (primary N) is 1. The number of rotatable bonds is 7. The second kappa shape index (κ2) is 11.6. The maximum atomic E-state index is 13.0. The van der Waals surface area contributed by atoms with Crippen LogP contribution in [-0.2, 0) is 6.42 Å². The van der Waals surface area contributed by atoms with Gasteiger partial charge in [-0.25, -0.2) is 9.37 Å². The van der Waals surface area contributed by atoms with Gasteiger partial charge in [0.2, 0.25) is 0 Å². The fraction of sp³-hybridized carbons (Fsp3) is 0.474. The summed E-state index contributed by atoms with van der Waals surface area (Å²) in [6.07, 6.45) is 1.38. The quantitative estimate of drug-likeness (QED) is 0.697. The summed E-state index contributed by atoms with van der Waals surface area (Å²) >= 11 is 1.41. The molecule has 0 spiro atoms. The summed E-state index contributed by atoms with van der Waals surface area (Å²) in [5.74, 6) is 0.128. The standard InChI is InChI=1S/C19H26FN3OS.2ClH/c1-12(2)16(21)9-10-23(4)19(24)18-13(3)22-17(25-18)11-14-5-7-15(20)8-6-14;;/h5-8,12,16H,9-11,21H2,1-4H3;2*1H. The van der Waals surface area contributed by atoms with Gasteiger partial charge in [-0.3, -0.25) is 4.79 Å². The molecule has 0 bridgehead atoms. The smallest absolute Gasteiger partial charge is 0.265 e. The minimum atomic E-state index is -0.254. The summed E-state index contributed by atoms with van der Waals surface area (Å²) in [6, 6.07) is 6.45. The number of carbonyl (C=O) groups is 1. The Kier molecular flexibility index (Phi) is 11.1. The van der Waals surface area contributed by atoms with Crippen LogP contribution in [0.15, 0.2) is 24.3 Å². The first kappa shape index (κ1) is 25.8. The number of thiazole rings is 1. The lowest BCUT2D eigenvalue weighted by molar-refractivity contribution is 0.0793. The number of amides is 1. The van der Waals surface area contributed by atoms with Gasteiger partial charge in [0.15, 0.2) is 0 Å². The minimum absolute atomic E-state index is 0. The van der Waals surface area contributed by atoms with Crippen LogP contribution in [0.1, 0.15) is 46.2 Å².